The second-order valence-electron chi connectivity index (χ2n) is 8.33. The van der Waals surface area contributed by atoms with Gasteiger partial charge in [-0.1, -0.05) is 18.2 Å². The molecule has 1 aliphatic heterocycles. The summed E-state index contributed by atoms with van der Waals surface area (Å²) in [6, 6.07) is 14.8. The number of carbonyl (C=O) groups is 2. The third-order valence-electron chi connectivity index (χ3n) is 5.96. The number of pyridine rings is 1. The molecule has 8 nitrogen and oxygen atoms in total. The zero-order valence-corrected chi connectivity index (χ0v) is 19.8. The number of aliphatic hydroxyl groups excluding tert-OH is 1. The van der Waals surface area contributed by atoms with Gasteiger partial charge < -0.3 is 25.2 Å². The van der Waals surface area contributed by atoms with E-state index in [4.69, 9.17) is 14.6 Å². The number of benzene rings is 2. The SMILES string of the molecule is CNC(=O)c1cc(C(=O)NCCc2cccnc2)cc2c1O[C@@H](C)[C@@H]2c1cccc(OCCO)c1. The minimum Gasteiger partial charge on any atom is -0.491 e. The van der Waals surface area contributed by atoms with E-state index in [9.17, 15) is 9.59 Å². The van der Waals surface area contributed by atoms with Crippen molar-refractivity contribution < 1.29 is 24.2 Å². The fourth-order valence-electron chi connectivity index (χ4n) is 4.34. The zero-order chi connectivity index (χ0) is 24.8. The highest BCUT2D eigenvalue weighted by atomic mass is 16.5. The molecular formula is C27H29N3O5. The molecule has 0 saturated heterocycles. The molecule has 0 unspecified atom stereocenters. The van der Waals surface area contributed by atoms with Crippen LogP contribution in [0.15, 0.2) is 60.9 Å². The molecule has 182 valence electrons. The van der Waals surface area contributed by atoms with E-state index in [1.807, 2.05) is 43.3 Å². The molecule has 0 spiro atoms. The van der Waals surface area contributed by atoms with Gasteiger partial charge in [-0.3, -0.25) is 14.6 Å². The van der Waals surface area contributed by atoms with Crippen LogP contribution in [0.3, 0.4) is 0 Å². The van der Waals surface area contributed by atoms with Crippen molar-refractivity contribution in [1.29, 1.82) is 0 Å². The van der Waals surface area contributed by atoms with Crippen molar-refractivity contribution in [2.45, 2.75) is 25.4 Å². The lowest BCUT2D eigenvalue weighted by atomic mass is 9.86. The van der Waals surface area contributed by atoms with Gasteiger partial charge in [0.25, 0.3) is 11.8 Å². The van der Waals surface area contributed by atoms with E-state index < -0.39 is 0 Å². The first-order valence-electron chi connectivity index (χ1n) is 11.6. The van der Waals surface area contributed by atoms with Gasteiger partial charge in [0.2, 0.25) is 0 Å². The van der Waals surface area contributed by atoms with Gasteiger partial charge in [0, 0.05) is 43.0 Å². The Labute approximate surface area is 204 Å². The maximum absolute atomic E-state index is 13.1. The molecule has 2 heterocycles. The van der Waals surface area contributed by atoms with E-state index in [1.54, 1.807) is 31.6 Å². The first-order valence-corrected chi connectivity index (χ1v) is 11.6. The number of rotatable bonds is 9. The molecule has 0 fully saturated rings. The summed E-state index contributed by atoms with van der Waals surface area (Å²) in [5.41, 5.74) is 3.45. The first-order chi connectivity index (χ1) is 17.0. The number of fused-ring (bicyclic) bond motifs is 1. The van der Waals surface area contributed by atoms with Gasteiger partial charge in [-0.25, -0.2) is 0 Å². The summed E-state index contributed by atoms with van der Waals surface area (Å²) in [4.78, 5) is 29.8. The number of aliphatic hydroxyl groups is 1. The Bertz CT molecular complexity index is 1200. The van der Waals surface area contributed by atoms with Gasteiger partial charge in [-0.15, -0.1) is 0 Å². The summed E-state index contributed by atoms with van der Waals surface area (Å²) in [5.74, 6) is 0.331. The normalized spacial score (nSPS) is 16.2. The minimum atomic E-state index is -0.320. The number of hydrogen-bond acceptors (Lipinski definition) is 6. The maximum atomic E-state index is 13.1. The van der Waals surface area contributed by atoms with Crippen LogP contribution in [0.1, 0.15) is 50.2 Å². The second kappa shape index (κ2) is 11.0. The molecule has 0 aliphatic carbocycles. The van der Waals surface area contributed by atoms with E-state index in [-0.39, 0.29) is 37.0 Å². The molecule has 2 aromatic carbocycles. The number of hydrogen-bond donors (Lipinski definition) is 3. The molecular weight excluding hydrogens is 446 g/mol. The molecule has 1 aliphatic rings. The van der Waals surface area contributed by atoms with Crippen molar-refractivity contribution >= 4 is 11.8 Å². The standard InChI is InChI=1S/C27H29N3O5/c1-17-24(19-6-3-7-21(13-19)34-12-11-31)22-14-20(15-23(25(22)35-17)27(33)28-2)26(32)30-10-8-18-5-4-9-29-16-18/h3-7,9,13-17,24,31H,8,10-12H2,1-2H3,(H,28,33)(H,30,32)/t17-,24+/m0/s1. The lowest BCUT2D eigenvalue weighted by molar-refractivity contribution is 0.0954. The van der Waals surface area contributed by atoms with Crippen LogP contribution in [-0.4, -0.2) is 54.8 Å². The van der Waals surface area contributed by atoms with Gasteiger partial charge in [0.1, 0.15) is 24.2 Å². The number of carbonyl (C=O) groups excluding carboxylic acids is 2. The van der Waals surface area contributed by atoms with E-state index in [0.29, 0.717) is 35.6 Å². The summed E-state index contributed by atoms with van der Waals surface area (Å²) in [5, 5.41) is 14.7. The Kier molecular flexibility index (Phi) is 7.62. The summed E-state index contributed by atoms with van der Waals surface area (Å²) < 4.78 is 11.7. The van der Waals surface area contributed by atoms with Crippen LogP contribution < -0.4 is 20.1 Å². The van der Waals surface area contributed by atoms with Gasteiger partial charge in [-0.05, 0) is 54.8 Å². The van der Waals surface area contributed by atoms with Crippen molar-refractivity contribution in [2.75, 3.05) is 26.8 Å². The highest BCUT2D eigenvalue weighted by Crippen LogP contribution is 2.45. The molecule has 0 saturated carbocycles. The molecule has 8 heteroatoms. The van der Waals surface area contributed by atoms with Crippen molar-refractivity contribution in [3.05, 3.63) is 88.7 Å². The van der Waals surface area contributed by atoms with E-state index in [1.165, 1.54) is 0 Å². The topological polar surface area (TPSA) is 110 Å². The van der Waals surface area contributed by atoms with Crippen LogP contribution in [0.4, 0.5) is 0 Å². The molecule has 3 aromatic rings. The van der Waals surface area contributed by atoms with Crippen LogP contribution in [0.25, 0.3) is 0 Å². The number of nitrogens with one attached hydrogen (secondary N) is 2. The highest BCUT2D eigenvalue weighted by molar-refractivity contribution is 6.02. The fourth-order valence-corrected chi connectivity index (χ4v) is 4.34. The summed E-state index contributed by atoms with van der Waals surface area (Å²) in [7, 11) is 1.55. The number of amides is 2. The van der Waals surface area contributed by atoms with E-state index in [0.717, 1.165) is 16.7 Å². The number of ether oxygens (including phenoxy) is 2. The Hall–Kier alpha value is -3.91. The Morgan fingerprint density at radius 2 is 2.00 bits per heavy atom. The number of nitrogens with zero attached hydrogens (tertiary/aromatic N) is 1. The largest absolute Gasteiger partial charge is 0.491 e. The van der Waals surface area contributed by atoms with E-state index >= 15 is 0 Å². The van der Waals surface area contributed by atoms with E-state index in [2.05, 4.69) is 15.6 Å². The third kappa shape index (κ3) is 5.44. The summed E-state index contributed by atoms with van der Waals surface area (Å²) in [6.07, 6.45) is 3.87. The smallest absolute Gasteiger partial charge is 0.254 e. The molecule has 0 radical (unpaired) electrons. The van der Waals surface area contributed by atoms with Crippen molar-refractivity contribution in [3.8, 4) is 11.5 Å². The highest BCUT2D eigenvalue weighted by Gasteiger charge is 2.36. The Morgan fingerprint density at radius 3 is 2.74 bits per heavy atom. The fraction of sp³-hybridized carbons (Fsp3) is 0.296. The number of aromatic nitrogens is 1. The van der Waals surface area contributed by atoms with Crippen LogP contribution in [0, 0.1) is 0 Å². The third-order valence-corrected chi connectivity index (χ3v) is 5.96. The molecule has 35 heavy (non-hydrogen) atoms. The van der Waals surface area contributed by atoms with Crippen LogP contribution in [-0.2, 0) is 6.42 Å². The van der Waals surface area contributed by atoms with Gasteiger partial charge >= 0.3 is 0 Å². The monoisotopic (exact) mass is 475 g/mol. The lowest BCUT2D eigenvalue weighted by Gasteiger charge is -2.17. The second-order valence-corrected chi connectivity index (χ2v) is 8.33. The molecule has 2 amide bonds. The Morgan fingerprint density at radius 1 is 1.14 bits per heavy atom. The van der Waals surface area contributed by atoms with Gasteiger partial charge in [0.15, 0.2) is 0 Å². The van der Waals surface area contributed by atoms with Crippen molar-refractivity contribution in [3.63, 3.8) is 0 Å². The Balaban J connectivity index is 1.64. The van der Waals surface area contributed by atoms with Crippen molar-refractivity contribution in [1.82, 2.24) is 15.6 Å². The lowest BCUT2D eigenvalue weighted by Crippen LogP contribution is -2.27. The van der Waals surface area contributed by atoms with Crippen LogP contribution >= 0.6 is 0 Å². The maximum Gasteiger partial charge on any atom is 0.254 e. The molecule has 4 rings (SSSR count). The van der Waals surface area contributed by atoms with Gasteiger partial charge in [-0.2, -0.15) is 0 Å². The predicted octanol–water partition coefficient (Wildman–Crippen LogP) is 2.70. The minimum absolute atomic E-state index is 0.0786. The first kappa shape index (κ1) is 24.2. The summed E-state index contributed by atoms with van der Waals surface area (Å²) >= 11 is 0. The average molecular weight is 476 g/mol. The van der Waals surface area contributed by atoms with Gasteiger partial charge in [0.05, 0.1) is 12.2 Å². The summed E-state index contributed by atoms with van der Waals surface area (Å²) in [6.45, 7) is 2.50. The zero-order valence-electron chi connectivity index (χ0n) is 19.8. The van der Waals surface area contributed by atoms with Crippen molar-refractivity contribution in [2.24, 2.45) is 0 Å². The average Bonchev–Trinajstić information content (AvgIpc) is 3.22. The quantitative estimate of drug-likeness (QED) is 0.439. The molecule has 1 aromatic heterocycles. The molecule has 3 N–H and O–H groups in total. The van der Waals surface area contributed by atoms with Crippen LogP contribution in [0.5, 0.6) is 11.5 Å². The molecule has 2 atom stereocenters. The molecule has 0 bridgehead atoms. The van der Waals surface area contributed by atoms with Crippen LogP contribution in [0.2, 0.25) is 0 Å². The predicted molar refractivity (Wildman–Crippen MR) is 131 cm³/mol.